The minimum atomic E-state index is -0.0262. The molecule has 0 radical (unpaired) electrons. The highest BCUT2D eigenvalue weighted by Gasteiger charge is 2.11. The number of guanidine groups is 1. The third kappa shape index (κ3) is 7.96. The van der Waals surface area contributed by atoms with Crippen molar-refractivity contribution in [3.63, 3.8) is 0 Å². The largest absolute Gasteiger partial charge is 0.497 e. The smallest absolute Gasteiger partial charge is 0.243 e. The molecule has 0 saturated carbocycles. The quantitative estimate of drug-likeness (QED) is 0.335. The summed E-state index contributed by atoms with van der Waals surface area (Å²) in [4.78, 5) is 20.1. The molecular weight excluding hydrogens is 481 g/mol. The van der Waals surface area contributed by atoms with Crippen LogP contribution >= 0.6 is 24.0 Å². The molecule has 0 aliphatic heterocycles. The van der Waals surface area contributed by atoms with E-state index < -0.39 is 0 Å². The molecule has 0 unspecified atom stereocenters. The van der Waals surface area contributed by atoms with E-state index in [0.29, 0.717) is 12.5 Å². The van der Waals surface area contributed by atoms with E-state index in [9.17, 15) is 4.79 Å². The zero-order valence-electron chi connectivity index (χ0n) is 17.9. The number of benzene rings is 1. The Kier molecular flexibility index (Phi) is 10.6. The Morgan fingerprint density at radius 2 is 1.86 bits per heavy atom. The van der Waals surface area contributed by atoms with Crippen molar-refractivity contribution in [2.45, 2.75) is 13.0 Å². The molecule has 1 N–H and O–H groups in total. The second kappa shape index (κ2) is 12.4. The molecule has 0 aliphatic rings. The molecule has 2 rings (SSSR count). The van der Waals surface area contributed by atoms with Gasteiger partial charge in [-0.1, -0.05) is 12.1 Å². The first-order chi connectivity index (χ1) is 13.4. The number of hydrogen-bond acceptors (Lipinski definition) is 3. The second-order valence-corrected chi connectivity index (χ2v) is 6.92. The van der Waals surface area contributed by atoms with Crippen LogP contribution in [0.4, 0.5) is 0 Å². The van der Waals surface area contributed by atoms with Crippen molar-refractivity contribution in [3.8, 4) is 5.75 Å². The summed E-state index contributed by atoms with van der Waals surface area (Å²) in [6, 6.07) is 12.1. The van der Waals surface area contributed by atoms with Gasteiger partial charge in [-0.25, -0.2) is 4.99 Å². The summed E-state index contributed by atoms with van der Waals surface area (Å²) in [5.41, 5.74) is 2.38. The number of carbonyl (C=O) groups is 1. The SMILES string of the molecule is COc1ccc(CCNC(=NCC(=O)N(C)C)N(C)Cc2cccn2C)cc1.I. The number of rotatable bonds is 8. The number of nitrogens with zero attached hydrogens (tertiary/aromatic N) is 4. The Morgan fingerprint density at radius 3 is 2.41 bits per heavy atom. The van der Waals surface area contributed by atoms with Crippen LogP contribution in [0.25, 0.3) is 0 Å². The van der Waals surface area contributed by atoms with E-state index >= 15 is 0 Å². The normalized spacial score (nSPS) is 10.9. The summed E-state index contributed by atoms with van der Waals surface area (Å²) >= 11 is 0. The van der Waals surface area contributed by atoms with Crippen LogP contribution in [0, 0.1) is 0 Å². The van der Waals surface area contributed by atoms with Crippen LogP contribution in [0.15, 0.2) is 47.6 Å². The Labute approximate surface area is 190 Å². The van der Waals surface area contributed by atoms with E-state index in [4.69, 9.17) is 4.74 Å². The summed E-state index contributed by atoms with van der Waals surface area (Å²) in [6.45, 7) is 1.54. The van der Waals surface area contributed by atoms with E-state index in [1.54, 1.807) is 26.1 Å². The second-order valence-electron chi connectivity index (χ2n) is 6.92. The number of aromatic nitrogens is 1. The van der Waals surface area contributed by atoms with Gasteiger partial charge in [0.05, 0.1) is 13.7 Å². The molecule has 1 aromatic heterocycles. The van der Waals surface area contributed by atoms with E-state index in [1.807, 2.05) is 43.4 Å². The number of ether oxygens (including phenoxy) is 1. The summed E-state index contributed by atoms with van der Waals surface area (Å²) in [7, 11) is 9.14. The van der Waals surface area contributed by atoms with Crippen molar-refractivity contribution in [2.24, 2.45) is 12.0 Å². The van der Waals surface area contributed by atoms with Crippen LogP contribution in [0.3, 0.4) is 0 Å². The molecule has 7 nitrogen and oxygen atoms in total. The maximum atomic E-state index is 12.0. The first kappa shape index (κ1) is 24.8. The van der Waals surface area contributed by atoms with Crippen LogP contribution in [0.2, 0.25) is 0 Å². The van der Waals surface area contributed by atoms with E-state index in [1.165, 1.54) is 11.3 Å². The Balaban J connectivity index is 0.00000420. The lowest BCUT2D eigenvalue weighted by Gasteiger charge is -2.23. The van der Waals surface area contributed by atoms with Crippen LogP contribution in [0.1, 0.15) is 11.3 Å². The molecule has 0 spiro atoms. The van der Waals surface area contributed by atoms with Crippen molar-refractivity contribution in [1.29, 1.82) is 0 Å². The van der Waals surface area contributed by atoms with Crippen LogP contribution in [-0.2, 0) is 24.8 Å². The maximum absolute atomic E-state index is 12.0. The van der Waals surface area contributed by atoms with Gasteiger partial charge in [0, 0.05) is 46.6 Å². The van der Waals surface area contributed by atoms with Gasteiger partial charge in [0.15, 0.2) is 5.96 Å². The van der Waals surface area contributed by atoms with Crippen molar-refractivity contribution in [2.75, 3.05) is 41.3 Å². The van der Waals surface area contributed by atoms with Gasteiger partial charge in [-0.15, -0.1) is 24.0 Å². The molecule has 0 atom stereocenters. The summed E-state index contributed by atoms with van der Waals surface area (Å²) < 4.78 is 7.28. The average Bonchev–Trinajstić information content (AvgIpc) is 3.09. The first-order valence-corrected chi connectivity index (χ1v) is 9.33. The number of methoxy groups -OCH3 is 1. The third-order valence-corrected chi connectivity index (χ3v) is 4.53. The van der Waals surface area contributed by atoms with Gasteiger partial charge in [-0.05, 0) is 36.2 Å². The van der Waals surface area contributed by atoms with Crippen molar-refractivity contribution < 1.29 is 9.53 Å². The number of likely N-dealkylation sites (N-methyl/N-ethyl adjacent to an activating group) is 1. The molecule has 1 aromatic carbocycles. The number of nitrogens with one attached hydrogen (secondary N) is 1. The molecule has 1 heterocycles. The maximum Gasteiger partial charge on any atom is 0.243 e. The lowest BCUT2D eigenvalue weighted by Crippen LogP contribution is -2.40. The van der Waals surface area contributed by atoms with E-state index in [-0.39, 0.29) is 36.4 Å². The molecule has 0 saturated heterocycles. The zero-order valence-corrected chi connectivity index (χ0v) is 20.2. The lowest BCUT2D eigenvalue weighted by atomic mass is 10.1. The number of aliphatic imine (C=N–C) groups is 1. The monoisotopic (exact) mass is 513 g/mol. The van der Waals surface area contributed by atoms with Crippen molar-refractivity contribution in [3.05, 3.63) is 53.9 Å². The Hall–Kier alpha value is -2.23. The van der Waals surface area contributed by atoms with Gasteiger partial charge in [0.1, 0.15) is 12.3 Å². The van der Waals surface area contributed by atoms with E-state index in [2.05, 4.69) is 33.1 Å². The molecule has 29 heavy (non-hydrogen) atoms. The van der Waals surface area contributed by atoms with Crippen LogP contribution in [-0.4, -0.2) is 67.6 Å². The summed E-state index contributed by atoms with van der Waals surface area (Å²) in [5, 5.41) is 3.39. The fourth-order valence-electron chi connectivity index (χ4n) is 2.68. The molecule has 1 amide bonds. The van der Waals surface area contributed by atoms with Crippen LogP contribution < -0.4 is 10.1 Å². The number of amides is 1. The molecule has 0 aliphatic carbocycles. The fraction of sp³-hybridized carbons (Fsp3) is 0.429. The molecule has 2 aromatic rings. The molecular formula is C21H32IN5O2. The van der Waals surface area contributed by atoms with Gasteiger partial charge >= 0.3 is 0 Å². The summed E-state index contributed by atoms with van der Waals surface area (Å²) in [6.07, 6.45) is 2.87. The lowest BCUT2D eigenvalue weighted by molar-refractivity contribution is -0.127. The predicted molar refractivity (Wildman–Crippen MR) is 128 cm³/mol. The van der Waals surface area contributed by atoms with E-state index in [0.717, 1.165) is 18.7 Å². The standard InChI is InChI=1S/C21H31N5O2.HI/c1-24(2)20(27)15-23-21(26(4)16-18-7-6-14-25(18)3)22-13-12-17-8-10-19(28-5)11-9-17;/h6-11,14H,12-13,15-16H2,1-5H3,(H,22,23);1H. The van der Waals surface area contributed by atoms with Gasteiger partial charge < -0.3 is 24.4 Å². The minimum Gasteiger partial charge on any atom is -0.497 e. The molecule has 0 bridgehead atoms. The minimum absolute atomic E-state index is 0. The van der Waals surface area contributed by atoms with Crippen LogP contribution in [0.5, 0.6) is 5.75 Å². The van der Waals surface area contributed by atoms with Crippen molar-refractivity contribution >= 4 is 35.8 Å². The summed E-state index contributed by atoms with van der Waals surface area (Å²) in [5.74, 6) is 1.54. The molecule has 160 valence electrons. The topological polar surface area (TPSA) is 62.1 Å². The Bertz CT molecular complexity index is 787. The highest BCUT2D eigenvalue weighted by molar-refractivity contribution is 14.0. The Morgan fingerprint density at radius 1 is 1.17 bits per heavy atom. The fourth-order valence-corrected chi connectivity index (χ4v) is 2.68. The number of carbonyl (C=O) groups excluding carboxylic acids is 1. The zero-order chi connectivity index (χ0) is 20.5. The molecule has 8 heteroatoms. The number of hydrogen-bond donors (Lipinski definition) is 1. The highest BCUT2D eigenvalue weighted by atomic mass is 127. The highest BCUT2D eigenvalue weighted by Crippen LogP contribution is 2.11. The van der Waals surface area contributed by atoms with Gasteiger partial charge in [-0.2, -0.15) is 0 Å². The molecule has 0 fully saturated rings. The third-order valence-electron chi connectivity index (χ3n) is 4.53. The number of aryl methyl sites for hydroxylation is 1. The average molecular weight is 513 g/mol. The van der Waals surface area contributed by atoms with Gasteiger partial charge in [0.2, 0.25) is 5.91 Å². The first-order valence-electron chi connectivity index (χ1n) is 9.33. The van der Waals surface area contributed by atoms with Crippen molar-refractivity contribution in [1.82, 2.24) is 19.7 Å². The predicted octanol–water partition coefficient (Wildman–Crippen LogP) is 2.36. The van der Waals surface area contributed by atoms with Gasteiger partial charge in [0.25, 0.3) is 0 Å². The van der Waals surface area contributed by atoms with Gasteiger partial charge in [-0.3, -0.25) is 4.79 Å². The number of halogens is 1.